The fourth-order valence-corrected chi connectivity index (χ4v) is 3.40. The lowest BCUT2D eigenvalue weighted by Gasteiger charge is -2.37. The van der Waals surface area contributed by atoms with Crippen molar-refractivity contribution < 1.29 is 23.8 Å². The van der Waals surface area contributed by atoms with Crippen LogP contribution in [0.4, 0.5) is 8.78 Å². The Labute approximate surface area is 141 Å². The fraction of sp³-hybridized carbons (Fsp3) is 0.211. The Morgan fingerprint density at radius 3 is 2.40 bits per heavy atom. The van der Waals surface area contributed by atoms with Gasteiger partial charge < -0.3 is 15.2 Å². The van der Waals surface area contributed by atoms with Gasteiger partial charge in [-0.1, -0.05) is 24.3 Å². The van der Waals surface area contributed by atoms with Gasteiger partial charge in [0.25, 0.3) is 0 Å². The van der Waals surface area contributed by atoms with Gasteiger partial charge in [0.1, 0.15) is 11.6 Å². The average molecular weight is 343 g/mol. The predicted molar refractivity (Wildman–Crippen MR) is 88.4 cm³/mol. The van der Waals surface area contributed by atoms with Crippen molar-refractivity contribution in [1.29, 1.82) is 0 Å². The standard InChI is InChI=1S/C19H15F2NO3/c20-13-8-14-16(12(9-22-14)18(23)24)17(21)15(13)10-2-4-11(5-3-10)19(25)6-1-7-19/h2-5,8-9,22,25H,1,6-7H2,(H,23,24). The van der Waals surface area contributed by atoms with Crippen LogP contribution in [0.2, 0.25) is 0 Å². The number of nitrogens with one attached hydrogen (secondary N) is 1. The van der Waals surface area contributed by atoms with Gasteiger partial charge in [-0.3, -0.25) is 0 Å². The maximum absolute atomic E-state index is 14.9. The van der Waals surface area contributed by atoms with Crippen LogP contribution in [0.1, 0.15) is 35.2 Å². The van der Waals surface area contributed by atoms with Gasteiger partial charge in [-0.15, -0.1) is 0 Å². The number of hydrogen-bond acceptors (Lipinski definition) is 2. The average Bonchev–Trinajstić information content (AvgIpc) is 2.97. The molecule has 1 fully saturated rings. The molecule has 0 spiro atoms. The van der Waals surface area contributed by atoms with E-state index in [0.717, 1.165) is 24.2 Å². The summed E-state index contributed by atoms with van der Waals surface area (Å²) in [4.78, 5) is 13.8. The van der Waals surface area contributed by atoms with Crippen molar-refractivity contribution in [3.05, 3.63) is 59.3 Å². The van der Waals surface area contributed by atoms with Crippen LogP contribution in [0.5, 0.6) is 0 Å². The summed E-state index contributed by atoms with van der Waals surface area (Å²) in [6.07, 6.45) is 3.44. The highest BCUT2D eigenvalue weighted by Gasteiger charge is 2.36. The summed E-state index contributed by atoms with van der Waals surface area (Å²) < 4.78 is 29.3. The molecule has 3 aromatic rings. The van der Waals surface area contributed by atoms with Crippen LogP contribution < -0.4 is 0 Å². The quantitative estimate of drug-likeness (QED) is 0.668. The first-order chi connectivity index (χ1) is 11.9. The molecular formula is C19H15F2NO3. The number of rotatable bonds is 3. The van der Waals surface area contributed by atoms with Crippen LogP contribution >= 0.6 is 0 Å². The SMILES string of the molecule is O=C(O)c1c[nH]c2cc(F)c(-c3ccc(C4(O)CCC4)cc3)c(F)c12. The Morgan fingerprint density at radius 1 is 1.16 bits per heavy atom. The molecule has 0 aliphatic heterocycles. The van der Waals surface area contributed by atoms with Gasteiger partial charge in [-0.2, -0.15) is 0 Å². The first kappa shape index (κ1) is 15.8. The van der Waals surface area contributed by atoms with E-state index in [1.54, 1.807) is 24.3 Å². The summed E-state index contributed by atoms with van der Waals surface area (Å²) in [6, 6.07) is 7.51. The lowest BCUT2D eigenvalue weighted by molar-refractivity contribution is -0.0387. The predicted octanol–water partition coefficient (Wildman–Crippen LogP) is 4.18. The molecule has 0 unspecified atom stereocenters. The molecule has 1 aliphatic rings. The summed E-state index contributed by atoms with van der Waals surface area (Å²) in [5.41, 5.74) is -0.262. The lowest BCUT2D eigenvalue weighted by atomic mass is 9.75. The number of H-pyrrole nitrogens is 1. The molecule has 0 radical (unpaired) electrons. The van der Waals surface area contributed by atoms with E-state index in [2.05, 4.69) is 4.98 Å². The third-order valence-electron chi connectivity index (χ3n) is 4.98. The van der Waals surface area contributed by atoms with E-state index < -0.39 is 23.2 Å². The Bertz CT molecular complexity index is 988. The van der Waals surface area contributed by atoms with Crippen LogP contribution in [0.3, 0.4) is 0 Å². The maximum atomic E-state index is 14.9. The van der Waals surface area contributed by atoms with Crippen molar-refractivity contribution >= 4 is 16.9 Å². The third kappa shape index (κ3) is 2.33. The molecule has 0 saturated heterocycles. The fourth-order valence-electron chi connectivity index (χ4n) is 3.40. The zero-order chi connectivity index (χ0) is 17.8. The number of fused-ring (bicyclic) bond motifs is 1. The number of benzene rings is 2. The Balaban J connectivity index is 1.86. The van der Waals surface area contributed by atoms with Gasteiger partial charge in [0, 0.05) is 6.20 Å². The second-order valence-electron chi connectivity index (χ2n) is 6.44. The molecule has 0 bridgehead atoms. The molecule has 4 rings (SSSR count). The van der Waals surface area contributed by atoms with Crippen molar-refractivity contribution in [3.8, 4) is 11.1 Å². The number of hydrogen-bond donors (Lipinski definition) is 3. The minimum absolute atomic E-state index is 0.0940. The van der Waals surface area contributed by atoms with Crippen molar-refractivity contribution in [1.82, 2.24) is 4.98 Å². The van der Waals surface area contributed by atoms with Gasteiger partial charge in [0.15, 0.2) is 0 Å². The largest absolute Gasteiger partial charge is 0.478 e. The number of aromatic nitrogens is 1. The zero-order valence-corrected chi connectivity index (χ0v) is 13.1. The van der Waals surface area contributed by atoms with Gasteiger partial charge in [-0.05, 0) is 36.5 Å². The molecule has 128 valence electrons. The molecule has 1 aromatic heterocycles. The van der Waals surface area contributed by atoms with Crippen molar-refractivity contribution in [2.24, 2.45) is 0 Å². The monoisotopic (exact) mass is 343 g/mol. The molecule has 0 atom stereocenters. The van der Waals surface area contributed by atoms with Crippen LogP contribution in [0.25, 0.3) is 22.0 Å². The second kappa shape index (κ2) is 5.39. The molecule has 6 heteroatoms. The Hall–Kier alpha value is -2.73. The van der Waals surface area contributed by atoms with E-state index in [-0.39, 0.29) is 22.0 Å². The number of halogens is 2. The highest BCUT2D eigenvalue weighted by molar-refractivity contribution is 6.04. The van der Waals surface area contributed by atoms with Crippen LogP contribution in [-0.2, 0) is 5.60 Å². The van der Waals surface area contributed by atoms with Gasteiger partial charge >= 0.3 is 5.97 Å². The number of carboxylic acid groups (broad SMARTS) is 1. The van der Waals surface area contributed by atoms with Crippen molar-refractivity contribution in [2.45, 2.75) is 24.9 Å². The molecule has 2 aromatic carbocycles. The first-order valence-corrected chi connectivity index (χ1v) is 7.96. The van der Waals surface area contributed by atoms with E-state index in [4.69, 9.17) is 0 Å². The highest BCUT2D eigenvalue weighted by atomic mass is 19.1. The normalized spacial score (nSPS) is 16.0. The molecule has 25 heavy (non-hydrogen) atoms. The maximum Gasteiger partial charge on any atom is 0.337 e. The highest BCUT2D eigenvalue weighted by Crippen LogP contribution is 2.42. The minimum Gasteiger partial charge on any atom is -0.478 e. The molecule has 1 aliphatic carbocycles. The molecule has 4 nitrogen and oxygen atoms in total. The zero-order valence-electron chi connectivity index (χ0n) is 13.1. The summed E-state index contributed by atoms with van der Waals surface area (Å²) >= 11 is 0. The second-order valence-corrected chi connectivity index (χ2v) is 6.44. The number of carbonyl (C=O) groups is 1. The summed E-state index contributed by atoms with van der Waals surface area (Å²) in [5, 5.41) is 19.4. The summed E-state index contributed by atoms with van der Waals surface area (Å²) in [5.74, 6) is -2.98. The van der Waals surface area contributed by atoms with Gasteiger partial charge in [-0.25, -0.2) is 13.6 Å². The van der Waals surface area contributed by atoms with Gasteiger partial charge in [0.05, 0.1) is 27.6 Å². The third-order valence-corrected chi connectivity index (χ3v) is 4.98. The van der Waals surface area contributed by atoms with Crippen LogP contribution in [0, 0.1) is 11.6 Å². The topological polar surface area (TPSA) is 73.3 Å². The molecule has 1 saturated carbocycles. The van der Waals surface area contributed by atoms with E-state index in [1.807, 2.05) is 0 Å². The molecule has 1 heterocycles. The Morgan fingerprint density at radius 2 is 1.84 bits per heavy atom. The van der Waals surface area contributed by atoms with Crippen LogP contribution in [0.15, 0.2) is 36.5 Å². The van der Waals surface area contributed by atoms with Crippen molar-refractivity contribution in [3.63, 3.8) is 0 Å². The van der Waals surface area contributed by atoms with E-state index in [0.29, 0.717) is 18.4 Å². The molecule has 0 amide bonds. The lowest BCUT2D eigenvalue weighted by Crippen LogP contribution is -2.33. The number of aliphatic hydroxyl groups is 1. The number of aromatic amines is 1. The van der Waals surface area contributed by atoms with Crippen molar-refractivity contribution in [2.75, 3.05) is 0 Å². The summed E-state index contributed by atoms with van der Waals surface area (Å²) in [6.45, 7) is 0. The van der Waals surface area contributed by atoms with Gasteiger partial charge in [0.2, 0.25) is 0 Å². The van der Waals surface area contributed by atoms with E-state index >= 15 is 0 Å². The minimum atomic E-state index is -1.29. The van der Waals surface area contributed by atoms with Crippen LogP contribution in [-0.4, -0.2) is 21.2 Å². The summed E-state index contributed by atoms with van der Waals surface area (Å²) in [7, 11) is 0. The molecule has 3 N–H and O–H groups in total. The number of aromatic carboxylic acids is 1. The van der Waals surface area contributed by atoms with E-state index in [9.17, 15) is 23.8 Å². The molecular weight excluding hydrogens is 328 g/mol. The first-order valence-electron chi connectivity index (χ1n) is 7.96. The smallest absolute Gasteiger partial charge is 0.337 e. The number of carboxylic acids is 1. The Kier molecular flexibility index (Phi) is 3.40. The van der Waals surface area contributed by atoms with E-state index in [1.165, 1.54) is 0 Å².